The largest absolute Gasteiger partial charge is 0.491 e. The van der Waals surface area contributed by atoms with Gasteiger partial charge in [-0.3, -0.25) is 9.59 Å². The Morgan fingerprint density at radius 2 is 1.86 bits per heavy atom. The number of hydrogen-bond acceptors (Lipinski definition) is 8. The number of para-hydroxylation sites is 1. The van der Waals surface area contributed by atoms with Crippen LogP contribution in [0.2, 0.25) is 0 Å². The normalized spacial score (nSPS) is 15.1. The Hall–Kier alpha value is -3.79. The standard InChI is InChI=1S/C27H29N5O4S/c1-16-5-4-6-17(2)24(16)35-14-18(3)28-25(33)23-15-37-26(29-23)19-9-11-32(12-10-19)27(34)20-7-8-21-22(13-20)31-36-30-21/h4-8,13,15,18-19H,9-12,14H2,1-3H3,(H,28,33). The van der Waals surface area contributed by atoms with Crippen molar-refractivity contribution in [2.45, 2.75) is 45.6 Å². The molecule has 1 saturated heterocycles. The molecule has 0 radical (unpaired) electrons. The summed E-state index contributed by atoms with van der Waals surface area (Å²) in [6.07, 6.45) is 1.60. The number of amides is 2. The summed E-state index contributed by atoms with van der Waals surface area (Å²) in [5, 5.41) is 13.3. The highest BCUT2D eigenvalue weighted by atomic mass is 32.1. The molecule has 0 bridgehead atoms. The lowest BCUT2D eigenvalue weighted by Gasteiger charge is -2.31. The van der Waals surface area contributed by atoms with Crippen molar-refractivity contribution in [1.82, 2.24) is 25.5 Å². The summed E-state index contributed by atoms with van der Waals surface area (Å²) in [7, 11) is 0. The second-order valence-corrected chi connectivity index (χ2v) is 10.4. The van der Waals surface area contributed by atoms with Gasteiger partial charge in [-0.1, -0.05) is 18.2 Å². The van der Waals surface area contributed by atoms with Gasteiger partial charge in [0, 0.05) is 30.0 Å². The van der Waals surface area contributed by atoms with Crippen LogP contribution in [0.25, 0.3) is 11.0 Å². The fourth-order valence-corrected chi connectivity index (χ4v) is 5.55. The average Bonchev–Trinajstić information content (AvgIpc) is 3.58. The molecule has 192 valence electrons. The molecule has 3 heterocycles. The Bertz CT molecular complexity index is 1400. The molecule has 2 amide bonds. The van der Waals surface area contributed by atoms with E-state index in [2.05, 4.69) is 20.6 Å². The van der Waals surface area contributed by atoms with Crippen LogP contribution in [0.1, 0.15) is 62.7 Å². The molecule has 2 aromatic carbocycles. The topological polar surface area (TPSA) is 110 Å². The maximum atomic E-state index is 13.0. The number of hydrogen-bond donors (Lipinski definition) is 1. The summed E-state index contributed by atoms with van der Waals surface area (Å²) in [4.78, 5) is 32.2. The van der Waals surface area contributed by atoms with E-state index in [-0.39, 0.29) is 23.8 Å². The predicted octanol–water partition coefficient (Wildman–Crippen LogP) is 4.51. The maximum absolute atomic E-state index is 13.0. The number of benzene rings is 2. The molecule has 10 heteroatoms. The molecular formula is C27H29N5O4S. The number of thiazole rings is 1. The van der Waals surface area contributed by atoms with E-state index < -0.39 is 0 Å². The summed E-state index contributed by atoms with van der Waals surface area (Å²) in [5.41, 5.74) is 4.34. The second-order valence-electron chi connectivity index (χ2n) is 9.51. The fourth-order valence-electron chi connectivity index (χ4n) is 4.58. The van der Waals surface area contributed by atoms with Crippen molar-refractivity contribution >= 4 is 34.2 Å². The Morgan fingerprint density at radius 1 is 1.14 bits per heavy atom. The van der Waals surface area contributed by atoms with Gasteiger partial charge in [-0.15, -0.1) is 11.3 Å². The van der Waals surface area contributed by atoms with Gasteiger partial charge in [0.05, 0.1) is 11.0 Å². The highest BCUT2D eigenvalue weighted by Crippen LogP contribution is 2.31. The molecule has 1 atom stereocenters. The van der Waals surface area contributed by atoms with Crippen molar-refractivity contribution in [3.8, 4) is 5.75 Å². The molecule has 0 aliphatic carbocycles. The molecular weight excluding hydrogens is 490 g/mol. The number of likely N-dealkylation sites (tertiary alicyclic amines) is 1. The third-order valence-corrected chi connectivity index (χ3v) is 7.66. The molecule has 37 heavy (non-hydrogen) atoms. The Morgan fingerprint density at radius 3 is 2.62 bits per heavy atom. The molecule has 1 aliphatic rings. The van der Waals surface area contributed by atoms with Crippen LogP contribution in [0.15, 0.2) is 46.4 Å². The van der Waals surface area contributed by atoms with Crippen LogP contribution >= 0.6 is 11.3 Å². The van der Waals surface area contributed by atoms with Gasteiger partial charge in [0.25, 0.3) is 11.8 Å². The monoisotopic (exact) mass is 519 g/mol. The van der Waals surface area contributed by atoms with E-state index in [9.17, 15) is 9.59 Å². The predicted molar refractivity (Wildman–Crippen MR) is 140 cm³/mol. The molecule has 2 aromatic heterocycles. The first-order valence-electron chi connectivity index (χ1n) is 12.4. The number of nitrogens with zero attached hydrogens (tertiary/aromatic N) is 4. The molecule has 0 saturated carbocycles. The van der Waals surface area contributed by atoms with Crippen LogP contribution in [-0.4, -0.2) is 57.7 Å². The van der Waals surface area contributed by atoms with Crippen molar-refractivity contribution in [3.63, 3.8) is 0 Å². The molecule has 1 aliphatic heterocycles. The zero-order chi connectivity index (χ0) is 25.9. The number of aromatic nitrogens is 3. The summed E-state index contributed by atoms with van der Waals surface area (Å²) in [6, 6.07) is 11.1. The number of rotatable bonds is 7. The summed E-state index contributed by atoms with van der Waals surface area (Å²) < 4.78 is 10.7. The molecule has 4 aromatic rings. The first kappa shape index (κ1) is 24.9. The highest BCUT2D eigenvalue weighted by Gasteiger charge is 2.27. The minimum atomic E-state index is -0.203. The number of aryl methyl sites for hydroxylation is 2. The first-order chi connectivity index (χ1) is 17.9. The van der Waals surface area contributed by atoms with Crippen LogP contribution in [-0.2, 0) is 0 Å². The van der Waals surface area contributed by atoms with E-state index in [4.69, 9.17) is 9.37 Å². The van der Waals surface area contributed by atoms with E-state index in [0.717, 1.165) is 34.7 Å². The zero-order valence-corrected chi connectivity index (χ0v) is 21.9. The fraction of sp³-hybridized carbons (Fsp3) is 0.370. The average molecular weight is 520 g/mol. The van der Waals surface area contributed by atoms with E-state index in [0.29, 0.717) is 42.0 Å². The highest BCUT2D eigenvalue weighted by molar-refractivity contribution is 7.09. The van der Waals surface area contributed by atoms with E-state index >= 15 is 0 Å². The number of carbonyl (C=O) groups is 2. The van der Waals surface area contributed by atoms with Gasteiger partial charge in [-0.05, 0) is 73.3 Å². The van der Waals surface area contributed by atoms with Crippen LogP contribution in [0.3, 0.4) is 0 Å². The minimum Gasteiger partial charge on any atom is -0.491 e. The van der Waals surface area contributed by atoms with Crippen molar-refractivity contribution in [2.24, 2.45) is 0 Å². The van der Waals surface area contributed by atoms with Crippen molar-refractivity contribution < 1.29 is 19.0 Å². The molecule has 0 spiro atoms. The maximum Gasteiger partial charge on any atom is 0.271 e. The van der Waals surface area contributed by atoms with Gasteiger partial charge >= 0.3 is 0 Å². The molecule has 9 nitrogen and oxygen atoms in total. The van der Waals surface area contributed by atoms with Gasteiger partial charge in [0.1, 0.15) is 29.1 Å². The SMILES string of the molecule is Cc1cccc(C)c1OCC(C)NC(=O)c1csc(C2CCN(C(=O)c3ccc4nonc4c3)CC2)n1. The number of fused-ring (bicyclic) bond motifs is 1. The Balaban J connectivity index is 1.13. The van der Waals surface area contributed by atoms with Crippen LogP contribution in [0.5, 0.6) is 5.75 Å². The van der Waals surface area contributed by atoms with Crippen LogP contribution in [0.4, 0.5) is 0 Å². The molecule has 5 rings (SSSR count). The van der Waals surface area contributed by atoms with Gasteiger partial charge in [0.2, 0.25) is 0 Å². The second kappa shape index (κ2) is 10.7. The third-order valence-electron chi connectivity index (χ3n) is 6.65. The van der Waals surface area contributed by atoms with Crippen LogP contribution in [0, 0.1) is 13.8 Å². The smallest absolute Gasteiger partial charge is 0.271 e. The van der Waals surface area contributed by atoms with E-state index in [1.54, 1.807) is 18.2 Å². The quantitative estimate of drug-likeness (QED) is 0.382. The summed E-state index contributed by atoms with van der Waals surface area (Å²) in [6.45, 7) is 7.58. The number of carbonyl (C=O) groups excluding carboxylic acids is 2. The van der Waals surface area contributed by atoms with E-state index in [1.807, 2.05) is 49.3 Å². The van der Waals surface area contributed by atoms with Gasteiger partial charge in [-0.2, -0.15) is 0 Å². The Labute approximate surface area is 218 Å². The zero-order valence-electron chi connectivity index (χ0n) is 21.1. The third kappa shape index (κ3) is 5.48. The lowest BCUT2D eigenvalue weighted by atomic mass is 9.97. The first-order valence-corrected chi connectivity index (χ1v) is 13.2. The summed E-state index contributed by atoms with van der Waals surface area (Å²) >= 11 is 1.50. The Kier molecular flexibility index (Phi) is 7.18. The molecule has 1 N–H and O–H groups in total. The lowest BCUT2D eigenvalue weighted by molar-refractivity contribution is 0.0713. The summed E-state index contributed by atoms with van der Waals surface area (Å²) in [5.74, 6) is 0.854. The number of ether oxygens (including phenoxy) is 1. The lowest BCUT2D eigenvalue weighted by Crippen LogP contribution is -2.38. The molecule has 1 fully saturated rings. The van der Waals surface area contributed by atoms with Crippen molar-refractivity contribution in [3.05, 3.63) is 69.2 Å². The van der Waals surface area contributed by atoms with Crippen molar-refractivity contribution in [2.75, 3.05) is 19.7 Å². The van der Waals surface area contributed by atoms with Gasteiger partial charge < -0.3 is 15.0 Å². The van der Waals surface area contributed by atoms with Crippen molar-refractivity contribution in [1.29, 1.82) is 0 Å². The van der Waals surface area contributed by atoms with Gasteiger partial charge in [0.15, 0.2) is 0 Å². The van der Waals surface area contributed by atoms with Crippen LogP contribution < -0.4 is 10.1 Å². The molecule has 1 unspecified atom stereocenters. The number of nitrogens with one attached hydrogen (secondary N) is 1. The minimum absolute atomic E-state index is 0.0281. The van der Waals surface area contributed by atoms with E-state index in [1.165, 1.54) is 11.3 Å². The van der Waals surface area contributed by atoms with Gasteiger partial charge in [-0.25, -0.2) is 9.61 Å². The number of piperidine rings is 1.